The number of ether oxygens (including phenoxy) is 2. The van der Waals surface area contributed by atoms with Gasteiger partial charge >= 0.3 is 0 Å². The van der Waals surface area contributed by atoms with Gasteiger partial charge in [0.15, 0.2) is 11.5 Å². The summed E-state index contributed by atoms with van der Waals surface area (Å²) in [7, 11) is 0.893. The Morgan fingerprint density at radius 1 is 1.32 bits per heavy atom. The molecule has 19 heavy (non-hydrogen) atoms. The second-order valence-electron chi connectivity index (χ2n) is 5.41. The highest BCUT2D eigenvalue weighted by Gasteiger charge is 2.36. The quantitative estimate of drug-likeness (QED) is 0.847. The molecule has 5 nitrogen and oxygen atoms in total. The molecule has 0 amide bonds. The summed E-state index contributed by atoms with van der Waals surface area (Å²) in [5, 5.41) is 0. The third kappa shape index (κ3) is 2.30. The van der Waals surface area contributed by atoms with Gasteiger partial charge in [-0.1, -0.05) is 6.07 Å². The first-order valence-corrected chi connectivity index (χ1v) is 7.44. The van der Waals surface area contributed by atoms with Gasteiger partial charge in [-0.25, -0.2) is 12.7 Å². The van der Waals surface area contributed by atoms with Gasteiger partial charge in [0.25, 0.3) is 0 Å². The Bertz CT molecular complexity index is 605. The molecule has 0 fully saturated rings. The van der Waals surface area contributed by atoms with E-state index in [4.69, 9.17) is 9.47 Å². The third-order valence-corrected chi connectivity index (χ3v) is 4.95. The van der Waals surface area contributed by atoms with E-state index in [1.54, 1.807) is 12.1 Å². The van der Waals surface area contributed by atoms with Gasteiger partial charge in [0.1, 0.15) is 10.5 Å². The summed E-state index contributed by atoms with van der Waals surface area (Å²) in [6.45, 7) is 3.93. The van der Waals surface area contributed by atoms with E-state index in [2.05, 4.69) is 0 Å². The zero-order valence-electron chi connectivity index (χ0n) is 11.9. The maximum atomic E-state index is 12.3. The summed E-state index contributed by atoms with van der Waals surface area (Å²) in [5.74, 6) is 0.826. The van der Waals surface area contributed by atoms with Gasteiger partial charge in [-0.05, 0) is 19.9 Å². The number of rotatable bonds is 3. The molecule has 1 heterocycles. The molecule has 6 heteroatoms. The van der Waals surface area contributed by atoms with Crippen LogP contribution in [-0.4, -0.2) is 39.5 Å². The fourth-order valence-electron chi connectivity index (χ4n) is 2.20. The number of sulfonamides is 1. The van der Waals surface area contributed by atoms with E-state index in [1.165, 1.54) is 21.2 Å². The van der Waals surface area contributed by atoms with Crippen molar-refractivity contribution in [1.29, 1.82) is 0 Å². The maximum absolute atomic E-state index is 12.3. The molecule has 0 saturated heterocycles. The van der Waals surface area contributed by atoms with E-state index >= 15 is 0 Å². The Morgan fingerprint density at radius 2 is 1.95 bits per heavy atom. The predicted octanol–water partition coefficient (Wildman–Crippen LogP) is 1.66. The standard InChI is InChI=1S/C13H19NO4S/c1-13(2)8-9-6-7-10(19(15,16)14(3)4)12(17-5)11(9)18-13/h6-7H,8H2,1-5H3. The molecular formula is C13H19NO4S. The van der Waals surface area contributed by atoms with E-state index in [9.17, 15) is 8.42 Å². The predicted molar refractivity (Wildman–Crippen MR) is 72.3 cm³/mol. The van der Waals surface area contributed by atoms with Crippen LogP contribution in [0.5, 0.6) is 11.5 Å². The molecular weight excluding hydrogens is 266 g/mol. The van der Waals surface area contributed by atoms with Crippen LogP contribution in [0.25, 0.3) is 0 Å². The summed E-state index contributed by atoms with van der Waals surface area (Å²) < 4.78 is 36.8. The highest BCUT2D eigenvalue weighted by molar-refractivity contribution is 7.89. The average Bonchev–Trinajstić information content (AvgIpc) is 2.61. The first-order chi connectivity index (χ1) is 8.69. The lowest BCUT2D eigenvalue weighted by atomic mass is 10.0. The van der Waals surface area contributed by atoms with Gasteiger partial charge in [-0.15, -0.1) is 0 Å². The van der Waals surface area contributed by atoms with E-state index < -0.39 is 10.0 Å². The van der Waals surface area contributed by atoms with Crippen molar-refractivity contribution in [2.24, 2.45) is 0 Å². The first-order valence-electron chi connectivity index (χ1n) is 6.00. The van der Waals surface area contributed by atoms with Gasteiger partial charge in [0.2, 0.25) is 10.0 Å². The molecule has 1 aromatic carbocycles. The summed E-state index contributed by atoms with van der Waals surface area (Å²) in [6.07, 6.45) is 0.737. The molecule has 106 valence electrons. The monoisotopic (exact) mass is 285 g/mol. The SMILES string of the molecule is COc1c(S(=O)(=O)N(C)C)ccc2c1OC(C)(C)C2. The number of hydrogen-bond acceptors (Lipinski definition) is 4. The molecule has 0 bridgehead atoms. The minimum Gasteiger partial charge on any atom is -0.492 e. The molecule has 0 aromatic heterocycles. The van der Waals surface area contributed by atoms with Crippen LogP contribution in [0.1, 0.15) is 19.4 Å². The van der Waals surface area contributed by atoms with Crippen molar-refractivity contribution in [1.82, 2.24) is 4.31 Å². The molecule has 0 radical (unpaired) electrons. The van der Waals surface area contributed by atoms with Gasteiger partial charge in [-0.2, -0.15) is 0 Å². The Hall–Kier alpha value is -1.27. The fraction of sp³-hybridized carbons (Fsp3) is 0.538. The van der Waals surface area contributed by atoms with Crippen molar-refractivity contribution in [3.05, 3.63) is 17.7 Å². The van der Waals surface area contributed by atoms with Gasteiger partial charge in [-0.3, -0.25) is 0 Å². The highest BCUT2D eigenvalue weighted by Crippen LogP contribution is 2.45. The van der Waals surface area contributed by atoms with Crippen LogP contribution in [-0.2, 0) is 16.4 Å². The van der Waals surface area contributed by atoms with Crippen molar-refractivity contribution < 1.29 is 17.9 Å². The van der Waals surface area contributed by atoms with E-state index in [1.807, 2.05) is 13.8 Å². The lowest BCUT2D eigenvalue weighted by Gasteiger charge is -2.19. The molecule has 0 spiro atoms. The second-order valence-corrected chi connectivity index (χ2v) is 7.53. The second kappa shape index (κ2) is 4.38. The fourth-order valence-corrected chi connectivity index (χ4v) is 3.24. The number of methoxy groups -OCH3 is 1. The van der Waals surface area contributed by atoms with Crippen molar-refractivity contribution in [3.8, 4) is 11.5 Å². The van der Waals surface area contributed by atoms with Crippen LogP contribution in [0.2, 0.25) is 0 Å². The van der Waals surface area contributed by atoms with Crippen LogP contribution in [0, 0.1) is 0 Å². The molecule has 1 aliphatic heterocycles. The van der Waals surface area contributed by atoms with Crippen molar-refractivity contribution in [3.63, 3.8) is 0 Å². The van der Waals surface area contributed by atoms with Gasteiger partial charge in [0, 0.05) is 26.1 Å². The van der Waals surface area contributed by atoms with Crippen molar-refractivity contribution in [2.75, 3.05) is 21.2 Å². The maximum Gasteiger partial charge on any atom is 0.246 e. The Morgan fingerprint density at radius 3 is 2.47 bits per heavy atom. The summed E-state index contributed by atoms with van der Waals surface area (Å²) >= 11 is 0. The lowest BCUT2D eigenvalue weighted by Crippen LogP contribution is -2.25. The zero-order chi connectivity index (χ0) is 14.4. The van der Waals surface area contributed by atoms with Gasteiger partial charge < -0.3 is 9.47 Å². The van der Waals surface area contributed by atoms with E-state index in [0.29, 0.717) is 5.75 Å². The van der Waals surface area contributed by atoms with Crippen molar-refractivity contribution in [2.45, 2.75) is 30.8 Å². The number of nitrogens with zero attached hydrogens (tertiary/aromatic N) is 1. The van der Waals surface area contributed by atoms with Crippen molar-refractivity contribution >= 4 is 10.0 Å². The zero-order valence-corrected chi connectivity index (χ0v) is 12.7. The number of benzene rings is 1. The normalized spacial score (nSPS) is 17.2. The van der Waals surface area contributed by atoms with Crippen LogP contribution in [0.15, 0.2) is 17.0 Å². The van der Waals surface area contributed by atoms with Crippen LogP contribution in [0.3, 0.4) is 0 Å². The molecule has 0 N–H and O–H groups in total. The summed E-state index contributed by atoms with van der Waals surface area (Å²) in [4.78, 5) is 0.136. The molecule has 1 aromatic rings. The van der Waals surface area contributed by atoms with Crippen LogP contribution < -0.4 is 9.47 Å². The molecule has 0 aliphatic carbocycles. The van der Waals surface area contributed by atoms with E-state index in [0.717, 1.165) is 16.3 Å². The Labute approximate surface area is 114 Å². The average molecular weight is 285 g/mol. The summed E-state index contributed by atoms with van der Waals surface area (Å²) in [5.41, 5.74) is 0.635. The molecule has 2 rings (SSSR count). The van der Waals surface area contributed by atoms with Crippen LogP contribution >= 0.6 is 0 Å². The first kappa shape index (κ1) is 14.1. The number of hydrogen-bond donors (Lipinski definition) is 0. The highest BCUT2D eigenvalue weighted by atomic mass is 32.2. The lowest BCUT2D eigenvalue weighted by molar-refractivity contribution is 0.133. The Kier molecular flexibility index (Phi) is 3.26. The minimum absolute atomic E-state index is 0.136. The smallest absolute Gasteiger partial charge is 0.246 e. The Balaban J connectivity index is 2.63. The van der Waals surface area contributed by atoms with Crippen LogP contribution in [0.4, 0.5) is 0 Å². The topological polar surface area (TPSA) is 55.8 Å². The third-order valence-electron chi connectivity index (χ3n) is 3.11. The minimum atomic E-state index is -3.55. The molecule has 0 unspecified atom stereocenters. The molecule has 0 atom stereocenters. The number of fused-ring (bicyclic) bond motifs is 1. The van der Waals surface area contributed by atoms with Gasteiger partial charge in [0.05, 0.1) is 7.11 Å². The molecule has 0 saturated carbocycles. The van der Waals surface area contributed by atoms with E-state index in [-0.39, 0.29) is 16.2 Å². The molecule has 1 aliphatic rings. The summed E-state index contributed by atoms with van der Waals surface area (Å²) in [6, 6.07) is 3.38. The largest absolute Gasteiger partial charge is 0.492 e.